The molecule has 16 heavy (non-hydrogen) atoms. The molecule has 0 radical (unpaired) electrons. The van der Waals surface area contributed by atoms with Crippen LogP contribution < -0.4 is 5.32 Å². The van der Waals surface area contributed by atoms with E-state index in [2.05, 4.69) is 22.2 Å². The highest BCUT2D eigenvalue weighted by atomic mass is 32.2. The molecule has 1 aromatic heterocycles. The van der Waals surface area contributed by atoms with Crippen molar-refractivity contribution >= 4 is 24.0 Å². The van der Waals surface area contributed by atoms with Crippen molar-refractivity contribution in [1.29, 1.82) is 0 Å². The van der Waals surface area contributed by atoms with Gasteiger partial charge in [0.05, 0.1) is 5.75 Å². The van der Waals surface area contributed by atoms with Crippen LogP contribution in [0.2, 0.25) is 0 Å². The molecule has 0 saturated carbocycles. The van der Waals surface area contributed by atoms with Gasteiger partial charge in [0.25, 0.3) is 0 Å². The average Bonchev–Trinajstić information content (AvgIpc) is 2.30. The SMILES string of the molecule is CCCSCc1nc(=S)c2c([nH]1)CCNC2. The number of hydrogen-bond acceptors (Lipinski definition) is 4. The van der Waals surface area contributed by atoms with E-state index >= 15 is 0 Å². The van der Waals surface area contributed by atoms with E-state index < -0.39 is 0 Å². The molecular formula is C11H17N3S2. The fourth-order valence-electron chi connectivity index (χ4n) is 1.80. The van der Waals surface area contributed by atoms with Crippen LogP contribution in [0.4, 0.5) is 0 Å². The first kappa shape index (κ1) is 12.1. The molecule has 1 aromatic rings. The molecule has 2 rings (SSSR count). The monoisotopic (exact) mass is 255 g/mol. The van der Waals surface area contributed by atoms with Gasteiger partial charge < -0.3 is 10.3 Å². The second-order valence-electron chi connectivity index (χ2n) is 3.93. The Kier molecular flexibility index (Phi) is 4.37. The lowest BCUT2D eigenvalue weighted by atomic mass is 10.1. The largest absolute Gasteiger partial charge is 0.346 e. The number of thioether (sulfide) groups is 1. The molecule has 3 nitrogen and oxygen atoms in total. The van der Waals surface area contributed by atoms with Crippen LogP contribution in [-0.2, 0) is 18.7 Å². The molecule has 0 unspecified atom stereocenters. The Morgan fingerprint density at radius 3 is 3.19 bits per heavy atom. The van der Waals surface area contributed by atoms with Crippen LogP contribution in [0.5, 0.6) is 0 Å². The Bertz CT molecular complexity index is 414. The zero-order chi connectivity index (χ0) is 11.4. The van der Waals surface area contributed by atoms with E-state index in [1.165, 1.54) is 23.4 Å². The second-order valence-corrected chi connectivity index (χ2v) is 5.42. The Balaban J connectivity index is 2.15. The topological polar surface area (TPSA) is 40.7 Å². The van der Waals surface area contributed by atoms with Crippen LogP contribution in [0, 0.1) is 4.64 Å². The zero-order valence-electron chi connectivity index (χ0n) is 9.51. The van der Waals surface area contributed by atoms with E-state index in [0.29, 0.717) is 0 Å². The molecular weight excluding hydrogens is 238 g/mol. The fourth-order valence-corrected chi connectivity index (χ4v) is 2.87. The highest BCUT2D eigenvalue weighted by molar-refractivity contribution is 7.98. The molecule has 88 valence electrons. The molecule has 0 atom stereocenters. The Hall–Kier alpha value is -0.390. The van der Waals surface area contributed by atoms with Gasteiger partial charge in [0.15, 0.2) is 0 Å². The maximum atomic E-state index is 5.32. The van der Waals surface area contributed by atoms with Gasteiger partial charge >= 0.3 is 0 Å². The van der Waals surface area contributed by atoms with Crippen molar-refractivity contribution in [3.05, 3.63) is 21.7 Å². The van der Waals surface area contributed by atoms with Crippen molar-refractivity contribution in [3.8, 4) is 0 Å². The Labute approximate surface area is 105 Å². The lowest BCUT2D eigenvalue weighted by Crippen LogP contribution is -2.25. The third-order valence-corrected chi connectivity index (χ3v) is 4.11. The van der Waals surface area contributed by atoms with E-state index in [1.807, 2.05) is 11.8 Å². The lowest BCUT2D eigenvalue weighted by Gasteiger charge is -2.17. The number of nitrogens with zero attached hydrogens (tertiary/aromatic N) is 1. The van der Waals surface area contributed by atoms with Crippen molar-refractivity contribution in [2.45, 2.75) is 32.1 Å². The van der Waals surface area contributed by atoms with Crippen LogP contribution >= 0.6 is 24.0 Å². The molecule has 2 N–H and O–H groups in total. The molecule has 0 spiro atoms. The number of nitrogens with one attached hydrogen (secondary N) is 2. The highest BCUT2D eigenvalue weighted by Gasteiger charge is 2.12. The van der Waals surface area contributed by atoms with Crippen LogP contribution in [0.1, 0.15) is 30.4 Å². The predicted octanol–water partition coefficient (Wildman–Crippen LogP) is 2.43. The summed E-state index contributed by atoms with van der Waals surface area (Å²) in [7, 11) is 0. The smallest absolute Gasteiger partial charge is 0.134 e. The molecule has 1 aliphatic heterocycles. The maximum absolute atomic E-state index is 5.32. The Morgan fingerprint density at radius 1 is 1.50 bits per heavy atom. The number of rotatable bonds is 4. The van der Waals surface area contributed by atoms with Crippen molar-refractivity contribution < 1.29 is 0 Å². The molecule has 2 heterocycles. The minimum absolute atomic E-state index is 0.771. The summed E-state index contributed by atoms with van der Waals surface area (Å²) in [5.41, 5.74) is 2.47. The normalized spacial score (nSPS) is 14.8. The number of hydrogen-bond donors (Lipinski definition) is 2. The second kappa shape index (κ2) is 5.80. The van der Waals surface area contributed by atoms with Crippen molar-refractivity contribution in [1.82, 2.24) is 15.3 Å². The molecule has 5 heteroatoms. The summed E-state index contributed by atoms with van der Waals surface area (Å²) < 4.78 is 0.771. The average molecular weight is 255 g/mol. The van der Waals surface area contributed by atoms with Gasteiger partial charge in [-0.3, -0.25) is 0 Å². The van der Waals surface area contributed by atoms with E-state index in [0.717, 1.165) is 35.7 Å². The van der Waals surface area contributed by atoms with Gasteiger partial charge in [0, 0.05) is 30.8 Å². The summed E-state index contributed by atoms with van der Waals surface area (Å²) in [6.45, 7) is 4.09. The van der Waals surface area contributed by atoms with E-state index in [4.69, 9.17) is 12.2 Å². The molecule has 1 aliphatic rings. The first-order valence-corrected chi connectivity index (χ1v) is 7.27. The number of H-pyrrole nitrogens is 1. The third kappa shape index (κ3) is 2.84. The summed E-state index contributed by atoms with van der Waals surface area (Å²) in [5, 5.41) is 3.32. The summed E-state index contributed by atoms with van der Waals surface area (Å²) in [4.78, 5) is 7.88. The van der Waals surface area contributed by atoms with Gasteiger partial charge in [-0.05, 0) is 12.2 Å². The van der Waals surface area contributed by atoms with Crippen molar-refractivity contribution in [2.75, 3.05) is 12.3 Å². The third-order valence-electron chi connectivity index (χ3n) is 2.59. The van der Waals surface area contributed by atoms with Crippen LogP contribution in [-0.4, -0.2) is 22.3 Å². The summed E-state index contributed by atoms with van der Waals surface area (Å²) in [5.74, 6) is 3.16. The minimum Gasteiger partial charge on any atom is -0.346 e. The van der Waals surface area contributed by atoms with Gasteiger partial charge in [-0.15, -0.1) is 0 Å². The lowest BCUT2D eigenvalue weighted by molar-refractivity contribution is 0.620. The van der Waals surface area contributed by atoms with Gasteiger partial charge in [0.1, 0.15) is 10.5 Å². The van der Waals surface area contributed by atoms with Crippen LogP contribution in [0.15, 0.2) is 0 Å². The first-order valence-electron chi connectivity index (χ1n) is 5.70. The zero-order valence-corrected chi connectivity index (χ0v) is 11.1. The van der Waals surface area contributed by atoms with Crippen molar-refractivity contribution in [2.24, 2.45) is 0 Å². The van der Waals surface area contributed by atoms with E-state index in [9.17, 15) is 0 Å². The van der Waals surface area contributed by atoms with Crippen molar-refractivity contribution in [3.63, 3.8) is 0 Å². The highest BCUT2D eigenvalue weighted by Crippen LogP contribution is 2.15. The standard InChI is InChI=1S/C11H17N3S2/c1-2-5-16-7-10-13-9-3-4-12-6-8(9)11(15)14-10/h12H,2-7H2,1H3,(H,13,14,15). The minimum atomic E-state index is 0.771. The van der Waals surface area contributed by atoms with E-state index in [1.54, 1.807) is 0 Å². The maximum Gasteiger partial charge on any atom is 0.134 e. The molecule has 0 fully saturated rings. The number of aromatic amines is 1. The van der Waals surface area contributed by atoms with Gasteiger partial charge in [-0.2, -0.15) is 11.8 Å². The van der Waals surface area contributed by atoms with Gasteiger partial charge in [0.2, 0.25) is 0 Å². The Morgan fingerprint density at radius 2 is 2.38 bits per heavy atom. The van der Waals surface area contributed by atoms with Crippen LogP contribution in [0.25, 0.3) is 0 Å². The summed E-state index contributed by atoms with van der Waals surface area (Å²) in [6.07, 6.45) is 2.24. The fraction of sp³-hybridized carbons (Fsp3) is 0.636. The molecule has 0 aliphatic carbocycles. The molecule has 0 aromatic carbocycles. The molecule has 0 saturated heterocycles. The number of aromatic nitrogens is 2. The van der Waals surface area contributed by atoms with Gasteiger partial charge in [-0.1, -0.05) is 19.1 Å². The van der Waals surface area contributed by atoms with Crippen LogP contribution in [0.3, 0.4) is 0 Å². The molecule has 0 amide bonds. The number of fused-ring (bicyclic) bond motifs is 1. The molecule has 0 bridgehead atoms. The predicted molar refractivity (Wildman–Crippen MR) is 71.3 cm³/mol. The van der Waals surface area contributed by atoms with Gasteiger partial charge in [-0.25, -0.2) is 4.98 Å². The first-order chi connectivity index (χ1) is 7.81. The summed E-state index contributed by atoms with van der Waals surface area (Å²) >= 11 is 7.23. The van der Waals surface area contributed by atoms with E-state index in [-0.39, 0.29) is 0 Å². The summed E-state index contributed by atoms with van der Waals surface area (Å²) in [6, 6.07) is 0. The quantitative estimate of drug-likeness (QED) is 0.640.